The number of rotatable bonds is 1. The van der Waals surface area contributed by atoms with Gasteiger partial charge in [0.05, 0.1) is 18.8 Å². The fourth-order valence-electron chi connectivity index (χ4n) is 2.36. The van der Waals surface area contributed by atoms with Gasteiger partial charge in [-0.25, -0.2) is 9.48 Å². The lowest BCUT2D eigenvalue weighted by Crippen LogP contribution is -2.35. The Kier molecular flexibility index (Phi) is 3.60. The molecule has 0 radical (unpaired) electrons. The summed E-state index contributed by atoms with van der Waals surface area (Å²) in [6, 6.07) is 9.39. The van der Waals surface area contributed by atoms with Gasteiger partial charge in [0.15, 0.2) is 0 Å². The molecular formula is C16H18ClN3O2. The molecule has 22 heavy (non-hydrogen) atoms. The summed E-state index contributed by atoms with van der Waals surface area (Å²) in [4.78, 5) is 13.9. The molecule has 1 aromatic carbocycles. The predicted octanol–water partition coefficient (Wildman–Crippen LogP) is 3.96. The fraction of sp³-hybridized carbons (Fsp3) is 0.375. The van der Waals surface area contributed by atoms with Crippen LogP contribution < -0.4 is 4.90 Å². The normalized spacial score (nSPS) is 14.1. The van der Waals surface area contributed by atoms with Crippen LogP contribution in [0, 0.1) is 0 Å². The first kappa shape index (κ1) is 14.9. The second-order valence-corrected chi connectivity index (χ2v) is 6.69. The van der Waals surface area contributed by atoms with Crippen LogP contribution in [-0.2, 0) is 11.3 Å². The molecule has 0 unspecified atom stereocenters. The number of carbonyl (C=O) groups is 1. The maximum absolute atomic E-state index is 12.3. The van der Waals surface area contributed by atoms with Gasteiger partial charge in [0, 0.05) is 16.7 Å². The summed E-state index contributed by atoms with van der Waals surface area (Å²) >= 11 is 5.91. The number of amides is 1. The minimum Gasteiger partial charge on any atom is -0.443 e. The zero-order chi connectivity index (χ0) is 15.9. The molecule has 1 amide bonds. The maximum atomic E-state index is 12.3. The molecule has 0 fully saturated rings. The zero-order valence-corrected chi connectivity index (χ0v) is 13.6. The number of anilines is 1. The van der Waals surface area contributed by atoms with Gasteiger partial charge in [-0.15, -0.1) is 0 Å². The van der Waals surface area contributed by atoms with Gasteiger partial charge in [0.25, 0.3) is 0 Å². The molecule has 116 valence electrons. The topological polar surface area (TPSA) is 47.4 Å². The summed E-state index contributed by atoms with van der Waals surface area (Å²) in [6.07, 6.45) is -0.339. The van der Waals surface area contributed by atoms with Gasteiger partial charge in [-0.2, -0.15) is 5.10 Å². The van der Waals surface area contributed by atoms with Crippen molar-refractivity contribution in [2.75, 3.05) is 11.4 Å². The number of nitrogens with zero attached hydrogens (tertiary/aromatic N) is 3. The van der Waals surface area contributed by atoms with Crippen molar-refractivity contribution in [2.24, 2.45) is 0 Å². The van der Waals surface area contributed by atoms with E-state index < -0.39 is 5.60 Å². The number of aromatic nitrogens is 2. The molecular weight excluding hydrogens is 302 g/mol. The van der Waals surface area contributed by atoms with E-state index in [4.69, 9.17) is 16.3 Å². The third-order valence-electron chi connectivity index (χ3n) is 3.32. The molecule has 5 nitrogen and oxygen atoms in total. The van der Waals surface area contributed by atoms with E-state index in [9.17, 15) is 4.79 Å². The molecule has 0 saturated heterocycles. The SMILES string of the molecule is CC(C)(C)OC(=O)N1CCn2nc(-c3ccc(Cl)cc3)cc21. The third kappa shape index (κ3) is 2.95. The first-order valence-electron chi connectivity index (χ1n) is 7.18. The van der Waals surface area contributed by atoms with Crippen molar-refractivity contribution in [1.29, 1.82) is 0 Å². The molecule has 0 aliphatic carbocycles. The van der Waals surface area contributed by atoms with Gasteiger partial charge in [0.1, 0.15) is 11.4 Å². The van der Waals surface area contributed by atoms with E-state index in [0.717, 1.165) is 17.1 Å². The Morgan fingerprint density at radius 2 is 1.91 bits per heavy atom. The summed E-state index contributed by atoms with van der Waals surface area (Å²) in [5.41, 5.74) is 1.28. The van der Waals surface area contributed by atoms with Gasteiger partial charge in [0.2, 0.25) is 0 Å². The highest BCUT2D eigenvalue weighted by Gasteiger charge is 2.30. The molecule has 3 rings (SSSR count). The molecule has 1 aromatic heterocycles. The summed E-state index contributed by atoms with van der Waals surface area (Å²) in [5, 5.41) is 5.23. The number of hydrogen-bond acceptors (Lipinski definition) is 3. The average molecular weight is 320 g/mol. The van der Waals surface area contributed by atoms with Crippen molar-refractivity contribution >= 4 is 23.5 Å². The minimum absolute atomic E-state index is 0.339. The fourth-order valence-corrected chi connectivity index (χ4v) is 2.49. The first-order valence-corrected chi connectivity index (χ1v) is 7.55. The molecule has 1 aliphatic heterocycles. The highest BCUT2D eigenvalue weighted by atomic mass is 35.5. The van der Waals surface area contributed by atoms with Crippen LogP contribution in [0.2, 0.25) is 5.02 Å². The Morgan fingerprint density at radius 3 is 2.55 bits per heavy atom. The van der Waals surface area contributed by atoms with Crippen LogP contribution in [0.1, 0.15) is 20.8 Å². The van der Waals surface area contributed by atoms with E-state index in [1.165, 1.54) is 0 Å². The molecule has 0 spiro atoms. The van der Waals surface area contributed by atoms with Crippen LogP contribution in [0.25, 0.3) is 11.3 Å². The lowest BCUT2D eigenvalue weighted by Gasteiger charge is -2.23. The lowest BCUT2D eigenvalue weighted by atomic mass is 10.1. The van der Waals surface area contributed by atoms with Crippen LogP contribution >= 0.6 is 11.6 Å². The molecule has 0 bridgehead atoms. The lowest BCUT2D eigenvalue weighted by molar-refractivity contribution is 0.0584. The largest absolute Gasteiger partial charge is 0.443 e. The zero-order valence-electron chi connectivity index (χ0n) is 12.8. The summed E-state index contributed by atoms with van der Waals surface area (Å²) in [5.74, 6) is 0.763. The standard InChI is InChI=1S/C16H18ClN3O2/c1-16(2,3)22-15(21)19-8-9-20-14(19)10-13(18-20)11-4-6-12(17)7-5-11/h4-7,10H,8-9H2,1-3H3. The van der Waals surface area contributed by atoms with Gasteiger partial charge in [-0.1, -0.05) is 23.7 Å². The Hall–Kier alpha value is -2.01. The minimum atomic E-state index is -0.510. The Bertz CT molecular complexity index is 701. The van der Waals surface area contributed by atoms with Gasteiger partial charge < -0.3 is 4.74 Å². The highest BCUT2D eigenvalue weighted by molar-refractivity contribution is 6.30. The van der Waals surface area contributed by atoms with Crippen LogP contribution in [0.15, 0.2) is 30.3 Å². The number of fused-ring (bicyclic) bond motifs is 1. The number of benzene rings is 1. The highest BCUT2D eigenvalue weighted by Crippen LogP contribution is 2.29. The number of hydrogen-bond donors (Lipinski definition) is 0. The van der Waals surface area contributed by atoms with E-state index in [-0.39, 0.29) is 6.09 Å². The average Bonchev–Trinajstić information content (AvgIpc) is 2.96. The van der Waals surface area contributed by atoms with E-state index in [1.54, 1.807) is 4.90 Å². The van der Waals surface area contributed by atoms with Crippen molar-refractivity contribution in [2.45, 2.75) is 32.9 Å². The van der Waals surface area contributed by atoms with E-state index >= 15 is 0 Å². The quantitative estimate of drug-likeness (QED) is 0.799. The van der Waals surface area contributed by atoms with Crippen molar-refractivity contribution in [3.63, 3.8) is 0 Å². The molecule has 1 aliphatic rings. The van der Waals surface area contributed by atoms with Gasteiger partial charge >= 0.3 is 6.09 Å². The molecule has 6 heteroatoms. The van der Waals surface area contributed by atoms with E-state index in [2.05, 4.69) is 5.10 Å². The third-order valence-corrected chi connectivity index (χ3v) is 3.58. The molecule has 0 saturated carbocycles. The van der Waals surface area contributed by atoms with Crippen molar-refractivity contribution < 1.29 is 9.53 Å². The molecule has 0 N–H and O–H groups in total. The molecule has 0 atom stereocenters. The van der Waals surface area contributed by atoms with Gasteiger partial charge in [-0.05, 0) is 32.9 Å². The van der Waals surface area contributed by atoms with E-state index in [1.807, 2.05) is 55.8 Å². The van der Waals surface area contributed by atoms with Crippen molar-refractivity contribution in [1.82, 2.24) is 9.78 Å². The summed E-state index contributed by atoms with van der Waals surface area (Å²) in [6.45, 7) is 6.83. The van der Waals surface area contributed by atoms with Crippen molar-refractivity contribution in [3.8, 4) is 11.3 Å². The molecule has 2 aromatic rings. The Balaban J connectivity index is 1.86. The monoisotopic (exact) mass is 319 g/mol. The number of carbonyl (C=O) groups excluding carboxylic acids is 1. The van der Waals surface area contributed by atoms with E-state index in [0.29, 0.717) is 18.1 Å². The summed E-state index contributed by atoms with van der Waals surface area (Å²) in [7, 11) is 0. The Morgan fingerprint density at radius 1 is 1.23 bits per heavy atom. The second kappa shape index (κ2) is 5.32. The van der Waals surface area contributed by atoms with Crippen LogP contribution in [0.4, 0.5) is 10.6 Å². The predicted molar refractivity (Wildman–Crippen MR) is 86.3 cm³/mol. The van der Waals surface area contributed by atoms with Crippen molar-refractivity contribution in [3.05, 3.63) is 35.4 Å². The molecule has 2 heterocycles. The van der Waals surface area contributed by atoms with Crippen LogP contribution in [0.5, 0.6) is 0 Å². The summed E-state index contributed by atoms with van der Waals surface area (Å²) < 4.78 is 7.26. The van der Waals surface area contributed by atoms with Crippen LogP contribution in [0.3, 0.4) is 0 Å². The number of halogens is 1. The first-order chi connectivity index (χ1) is 10.3. The smallest absolute Gasteiger partial charge is 0.416 e. The van der Waals surface area contributed by atoms with Crippen LogP contribution in [-0.4, -0.2) is 28.0 Å². The second-order valence-electron chi connectivity index (χ2n) is 6.25. The van der Waals surface area contributed by atoms with Gasteiger partial charge in [-0.3, -0.25) is 4.90 Å². The maximum Gasteiger partial charge on any atom is 0.416 e. The number of ether oxygens (including phenoxy) is 1. The Labute approximate surface area is 134 Å².